The Morgan fingerprint density at radius 3 is 3.00 bits per heavy atom. The van der Waals surface area contributed by atoms with Gasteiger partial charge in [0.05, 0.1) is 13.7 Å². The standard InChI is InChI=1S/C13H15NO4S/c1-3-18-13(16)10-7-19-12(14-10)9-5-4-8(17-2)6-11(9)15/h4-6,10,15H,3,7H2,1-2H3. The third-order valence-corrected chi connectivity index (χ3v) is 3.73. The summed E-state index contributed by atoms with van der Waals surface area (Å²) in [5.41, 5.74) is 0.609. The van der Waals surface area contributed by atoms with Crippen LogP contribution in [0.4, 0.5) is 0 Å². The number of benzene rings is 1. The monoisotopic (exact) mass is 281 g/mol. The maximum Gasteiger partial charge on any atom is 0.331 e. The second-order valence-corrected chi connectivity index (χ2v) is 4.90. The molecule has 1 N–H and O–H groups in total. The number of phenolic OH excluding ortho intramolecular Hbond substituents is 1. The predicted octanol–water partition coefficient (Wildman–Crippen LogP) is 1.83. The minimum absolute atomic E-state index is 0.0927. The van der Waals surface area contributed by atoms with E-state index in [0.29, 0.717) is 28.7 Å². The molecule has 0 saturated heterocycles. The predicted molar refractivity (Wildman–Crippen MR) is 74.1 cm³/mol. The highest BCUT2D eigenvalue weighted by Crippen LogP contribution is 2.31. The molecule has 0 radical (unpaired) electrons. The fraction of sp³-hybridized carbons (Fsp3) is 0.385. The summed E-state index contributed by atoms with van der Waals surface area (Å²) in [6.07, 6.45) is 0. The Hall–Kier alpha value is -1.69. The molecule has 1 aromatic carbocycles. The van der Waals surface area contributed by atoms with Crippen molar-refractivity contribution in [2.24, 2.45) is 4.99 Å². The van der Waals surface area contributed by atoms with Gasteiger partial charge in [-0.3, -0.25) is 4.99 Å². The number of hydrogen-bond acceptors (Lipinski definition) is 6. The van der Waals surface area contributed by atoms with Crippen LogP contribution in [0.3, 0.4) is 0 Å². The molecule has 1 atom stereocenters. The molecule has 19 heavy (non-hydrogen) atoms. The zero-order valence-corrected chi connectivity index (χ0v) is 11.6. The Bertz CT molecular complexity index is 515. The molecule has 6 heteroatoms. The molecular weight excluding hydrogens is 266 g/mol. The first-order chi connectivity index (χ1) is 9.15. The number of thioether (sulfide) groups is 1. The van der Waals surface area contributed by atoms with Gasteiger partial charge < -0.3 is 14.6 Å². The summed E-state index contributed by atoms with van der Waals surface area (Å²) >= 11 is 1.43. The Kier molecular flexibility index (Phi) is 4.31. The number of carbonyl (C=O) groups excluding carboxylic acids is 1. The molecule has 2 rings (SSSR count). The zero-order chi connectivity index (χ0) is 13.8. The summed E-state index contributed by atoms with van der Waals surface area (Å²) in [7, 11) is 1.53. The smallest absolute Gasteiger partial charge is 0.331 e. The molecule has 0 fully saturated rings. The molecule has 0 spiro atoms. The molecule has 0 saturated carbocycles. The molecule has 0 aromatic heterocycles. The summed E-state index contributed by atoms with van der Waals surface area (Å²) in [4.78, 5) is 15.9. The van der Waals surface area contributed by atoms with Crippen LogP contribution in [0.2, 0.25) is 0 Å². The number of nitrogens with zero attached hydrogens (tertiary/aromatic N) is 1. The Morgan fingerprint density at radius 2 is 2.37 bits per heavy atom. The number of ether oxygens (including phenoxy) is 2. The van der Waals surface area contributed by atoms with Crippen LogP contribution in [0.5, 0.6) is 11.5 Å². The summed E-state index contributed by atoms with van der Waals surface area (Å²) in [6.45, 7) is 2.11. The highest BCUT2D eigenvalue weighted by molar-refractivity contribution is 8.14. The second kappa shape index (κ2) is 5.97. The van der Waals surface area contributed by atoms with Crippen molar-refractivity contribution < 1.29 is 19.4 Å². The van der Waals surface area contributed by atoms with Gasteiger partial charge in [0.25, 0.3) is 0 Å². The molecule has 1 aromatic rings. The first-order valence-corrected chi connectivity index (χ1v) is 6.89. The third kappa shape index (κ3) is 3.01. The van der Waals surface area contributed by atoms with Crippen molar-refractivity contribution in [1.29, 1.82) is 0 Å². The molecule has 0 bridgehead atoms. The number of methoxy groups -OCH3 is 1. The van der Waals surface area contributed by atoms with Gasteiger partial charge in [-0.15, -0.1) is 11.8 Å². The van der Waals surface area contributed by atoms with Gasteiger partial charge in [0.1, 0.15) is 16.5 Å². The van der Waals surface area contributed by atoms with Gasteiger partial charge in [-0.2, -0.15) is 0 Å². The van der Waals surface area contributed by atoms with Crippen LogP contribution >= 0.6 is 11.8 Å². The average molecular weight is 281 g/mol. The maximum atomic E-state index is 11.6. The van der Waals surface area contributed by atoms with Crippen LogP contribution in [0.1, 0.15) is 12.5 Å². The molecule has 1 unspecified atom stereocenters. The Balaban J connectivity index is 2.19. The van der Waals surface area contributed by atoms with Gasteiger partial charge in [-0.05, 0) is 19.1 Å². The highest BCUT2D eigenvalue weighted by atomic mass is 32.2. The molecule has 0 amide bonds. The largest absolute Gasteiger partial charge is 0.507 e. The number of carbonyl (C=O) groups is 1. The van der Waals surface area contributed by atoms with E-state index in [1.165, 1.54) is 24.9 Å². The summed E-state index contributed by atoms with van der Waals surface area (Å²) in [6, 6.07) is 4.51. The number of hydrogen-bond donors (Lipinski definition) is 1. The summed E-state index contributed by atoms with van der Waals surface area (Å²) in [5.74, 6) is 0.888. The van der Waals surface area contributed by atoms with Crippen molar-refractivity contribution in [3.8, 4) is 11.5 Å². The van der Waals surface area contributed by atoms with Gasteiger partial charge in [0.15, 0.2) is 6.04 Å². The van der Waals surface area contributed by atoms with E-state index in [2.05, 4.69) is 4.99 Å². The van der Waals surface area contributed by atoms with Crippen molar-refractivity contribution in [3.63, 3.8) is 0 Å². The lowest BCUT2D eigenvalue weighted by Gasteiger charge is -2.06. The summed E-state index contributed by atoms with van der Waals surface area (Å²) in [5, 5.41) is 10.6. The molecule has 1 aliphatic rings. The quantitative estimate of drug-likeness (QED) is 0.853. The van der Waals surface area contributed by atoms with Crippen LogP contribution in [0.25, 0.3) is 0 Å². The number of rotatable bonds is 4. The normalized spacial score (nSPS) is 18.0. The van der Waals surface area contributed by atoms with Crippen molar-refractivity contribution in [1.82, 2.24) is 0 Å². The van der Waals surface area contributed by atoms with E-state index in [-0.39, 0.29) is 11.7 Å². The number of phenols is 1. The molecule has 0 aliphatic carbocycles. The summed E-state index contributed by atoms with van der Waals surface area (Å²) < 4.78 is 9.96. The van der Waals surface area contributed by atoms with Gasteiger partial charge in [-0.1, -0.05) is 0 Å². The average Bonchev–Trinajstić information content (AvgIpc) is 2.88. The third-order valence-electron chi connectivity index (χ3n) is 2.64. The van der Waals surface area contributed by atoms with E-state index < -0.39 is 6.04 Å². The van der Waals surface area contributed by atoms with Crippen LogP contribution in [0, 0.1) is 0 Å². The minimum Gasteiger partial charge on any atom is -0.507 e. The van der Waals surface area contributed by atoms with E-state index in [0.717, 1.165) is 0 Å². The van der Waals surface area contributed by atoms with Gasteiger partial charge in [0, 0.05) is 17.4 Å². The Morgan fingerprint density at radius 1 is 1.58 bits per heavy atom. The molecule has 102 valence electrons. The Labute approximate surface area is 115 Å². The van der Waals surface area contributed by atoms with E-state index in [9.17, 15) is 9.90 Å². The van der Waals surface area contributed by atoms with Crippen LogP contribution in [-0.2, 0) is 9.53 Å². The van der Waals surface area contributed by atoms with Crippen molar-refractivity contribution in [3.05, 3.63) is 23.8 Å². The molecule has 5 nitrogen and oxygen atoms in total. The van der Waals surface area contributed by atoms with Gasteiger partial charge in [-0.25, -0.2) is 4.79 Å². The molecular formula is C13H15NO4S. The number of aromatic hydroxyl groups is 1. The fourth-order valence-corrected chi connectivity index (χ4v) is 2.76. The minimum atomic E-state index is -0.485. The van der Waals surface area contributed by atoms with Crippen LogP contribution in [0.15, 0.2) is 23.2 Å². The zero-order valence-electron chi connectivity index (χ0n) is 10.8. The van der Waals surface area contributed by atoms with E-state index in [1.807, 2.05) is 0 Å². The van der Waals surface area contributed by atoms with Crippen LogP contribution in [-0.4, -0.2) is 41.6 Å². The van der Waals surface area contributed by atoms with E-state index >= 15 is 0 Å². The van der Waals surface area contributed by atoms with E-state index in [4.69, 9.17) is 9.47 Å². The first kappa shape index (κ1) is 13.7. The van der Waals surface area contributed by atoms with Gasteiger partial charge in [0.2, 0.25) is 0 Å². The SMILES string of the molecule is CCOC(=O)C1CSC(c2ccc(OC)cc2O)=N1. The van der Waals surface area contributed by atoms with E-state index in [1.54, 1.807) is 19.1 Å². The lowest BCUT2D eigenvalue weighted by atomic mass is 10.2. The lowest BCUT2D eigenvalue weighted by Crippen LogP contribution is -2.21. The van der Waals surface area contributed by atoms with Gasteiger partial charge >= 0.3 is 5.97 Å². The first-order valence-electron chi connectivity index (χ1n) is 5.90. The van der Waals surface area contributed by atoms with Crippen molar-refractivity contribution >= 4 is 22.8 Å². The van der Waals surface area contributed by atoms with Crippen molar-refractivity contribution in [2.75, 3.05) is 19.5 Å². The maximum absolute atomic E-state index is 11.6. The van der Waals surface area contributed by atoms with Crippen molar-refractivity contribution in [2.45, 2.75) is 13.0 Å². The fourth-order valence-electron chi connectivity index (χ4n) is 1.70. The second-order valence-electron chi connectivity index (χ2n) is 3.90. The molecule has 1 aliphatic heterocycles. The molecule has 1 heterocycles. The van der Waals surface area contributed by atoms with Crippen LogP contribution < -0.4 is 4.74 Å². The lowest BCUT2D eigenvalue weighted by molar-refractivity contribution is -0.143. The number of esters is 1. The topological polar surface area (TPSA) is 68.1 Å². The highest BCUT2D eigenvalue weighted by Gasteiger charge is 2.27. The number of aliphatic imine (C=N–C) groups is 1.